The standard InChI is InChI=1S/C16H16O4.2C2H6/c1-10-7-14(8-11(2)16(10)19)20-13-5-3-12(4-6-13)9-15(17)18;2*1-2/h3-8,19H,9H2,1-2H3,(H,17,18);2*1-2H3. The fourth-order valence-electron chi connectivity index (χ4n) is 1.96. The summed E-state index contributed by atoms with van der Waals surface area (Å²) in [6.07, 6.45) is -0.00228. The van der Waals surface area contributed by atoms with Gasteiger partial charge in [-0.15, -0.1) is 0 Å². The van der Waals surface area contributed by atoms with Crippen molar-refractivity contribution in [3.05, 3.63) is 53.1 Å². The van der Waals surface area contributed by atoms with Crippen LogP contribution in [0.1, 0.15) is 44.4 Å². The van der Waals surface area contributed by atoms with Gasteiger partial charge in [-0.25, -0.2) is 0 Å². The van der Waals surface area contributed by atoms with Crippen LogP contribution in [0, 0.1) is 13.8 Å². The van der Waals surface area contributed by atoms with Crippen LogP contribution in [0.25, 0.3) is 0 Å². The van der Waals surface area contributed by atoms with Gasteiger partial charge in [-0.3, -0.25) is 4.79 Å². The van der Waals surface area contributed by atoms with Crippen LogP contribution >= 0.6 is 0 Å². The number of carboxylic acids is 1. The highest BCUT2D eigenvalue weighted by molar-refractivity contribution is 5.70. The van der Waals surface area contributed by atoms with Crippen molar-refractivity contribution in [3.63, 3.8) is 0 Å². The molecule has 0 spiro atoms. The second kappa shape index (κ2) is 11.1. The van der Waals surface area contributed by atoms with Crippen molar-refractivity contribution >= 4 is 5.97 Å². The molecule has 0 bridgehead atoms. The van der Waals surface area contributed by atoms with Crippen LogP contribution in [0.5, 0.6) is 17.2 Å². The van der Waals surface area contributed by atoms with Crippen molar-refractivity contribution in [2.45, 2.75) is 48.0 Å². The van der Waals surface area contributed by atoms with E-state index in [1.807, 2.05) is 41.5 Å². The first-order valence-corrected chi connectivity index (χ1v) is 8.24. The summed E-state index contributed by atoms with van der Waals surface area (Å²) >= 11 is 0. The monoisotopic (exact) mass is 332 g/mol. The van der Waals surface area contributed by atoms with Gasteiger partial charge in [0.25, 0.3) is 0 Å². The molecule has 0 aliphatic carbocycles. The van der Waals surface area contributed by atoms with Crippen LogP contribution in [0.15, 0.2) is 36.4 Å². The molecule has 0 atom stereocenters. The van der Waals surface area contributed by atoms with Gasteiger partial charge in [-0.05, 0) is 54.8 Å². The highest BCUT2D eigenvalue weighted by Gasteiger charge is 2.06. The predicted molar refractivity (Wildman–Crippen MR) is 98.1 cm³/mol. The highest BCUT2D eigenvalue weighted by atomic mass is 16.5. The summed E-state index contributed by atoms with van der Waals surface area (Å²) in [5, 5.41) is 18.4. The zero-order valence-corrected chi connectivity index (χ0v) is 15.4. The molecule has 0 radical (unpaired) electrons. The molecule has 132 valence electrons. The highest BCUT2D eigenvalue weighted by Crippen LogP contribution is 2.30. The van der Waals surface area contributed by atoms with Crippen LogP contribution in [-0.2, 0) is 11.2 Å². The minimum Gasteiger partial charge on any atom is -0.507 e. The summed E-state index contributed by atoms with van der Waals surface area (Å²) in [7, 11) is 0. The lowest BCUT2D eigenvalue weighted by atomic mass is 10.1. The number of aliphatic carboxylic acids is 1. The summed E-state index contributed by atoms with van der Waals surface area (Å²) in [6, 6.07) is 10.4. The maximum absolute atomic E-state index is 10.6. The topological polar surface area (TPSA) is 66.8 Å². The summed E-state index contributed by atoms with van der Waals surface area (Å²) in [4.78, 5) is 10.6. The number of phenolic OH excluding ortho intramolecular Hbond substituents is 1. The molecule has 0 fully saturated rings. The lowest BCUT2D eigenvalue weighted by Gasteiger charge is -2.10. The van der Waals surface area contributed by atoms with Gasteiger partial charge in [0.15, 0.2) is 0 Å². The number of aryl methyl sites for hydroxylation is 2. The third-order valence-electron chi connectivity index (χ3n) is 2.98. The van der Waals surface area contributed by atoms with Gasteiger partial charge in [0.05, 0.1) is 6.42 Å². The molecule has 2 rings (SSSR count). The SMILES string of the molecule is CC.CC.Cc1cc(Oc2ccc(CC(=O)O)cc2)cc(C)c1O. The first kappa shape index (κ1) is 21.5. The van der Waals surface area contributed by atoms with Crippen LogP contribution < -0.4 is 4.74 Å². The van der Waals surface area contributed by atoms with E-state index in [1.165, 1.54) is 0 Å². The number of hydrogen-bond donors (Lipinski definition) is 2. The molecule has 0 aromatic heterocycles. The molecule has 2 N–H and O–H groups in total. The zero-order chi connectivity index (χ0) is 18.7. The van der Waals surface area contributed by atoms with Gasteiger partial charge < -0.3 is 14.9 Å². The Labute approximate surface area is 144 Å². The Balaban J connectivity index is 0.00000123. The molecule has 0 amide bonds. The number of rotatable bonds is 4. The van der Waals surface area contributed by atoms with Crippen molar-refractivity contribution < 1.29 is 19.7 Å². The van der Waals surface area contributed by atoms with Crippen molar-refractivity contribution in [1.29, 1.82) is 0 Å². The average molecular weight is 332 g/mol. The smallest absolute Gasteiger partial charge is 0.307 e. The Bertz CT molecular complexity index is 608. The molecule has 4 heteroatoms. The number of ether oxygens (including phenoxy) is 1. The number of aromatic hydroxyl groups is 1. The van der Waals surface area contributed by atoms with Crippen molar-refractivity contribution in [2.75, 3.05) is 0 Å². The molecular formula is C20H28O4. The molecule has 0 saturated heterocycles. The third-order valence-corrected chi connectivity index (χ3v) is 2.98. The molecule has 2 aromatic rings. The van der Waals surface area contributed by atoms with Crippen LogP contribution in [0.2, 0.25) is 0 Å². The number of carboxylic acid groups (broad SMARTS) is 1. The van der Waals surface area contributed by atoms with E-state index in [2.05, 4.69) is 0 Å². The van der Waals surface area contributed by atoms with Gasteiger partial charge in [0, 0.05) is 0 Å². The normalized spacial score (nSPS) is 9.08. The molecule has 0 saturated carbocycles. The first-order valence-electron chi connectivity index (χ1n) is 8.24. The predicted octanol–water partition coefficient (Wildman–Crippen LogP) is 5.48. The minimum atomic E-state index is -0.858. The van der Waals surface area contributed by atoms with Crippen LogP contribution in [0.3, 0.4) is 0 Å². The maximum Gasteiger partial charge on any atom is 0.307 e. The van der Waals surface area contributed by atoms with Crippen molar-refractivity contribution in [2.24, 2.45) is 0 Å². The summed E-state index contributed by atoms with van der Waals surface area (Å²) in [5.74, 6) is 0.685. The average Bonchev–Trinajstić information content (AvgIpc) is 2.57. The van der Waals surface area contributed by atoms with Gasteiger partial charge in [0.2, 0.25) is 0 Å². The second-order valence-corrected chi connectivity index (χ2v) is 4.72. The minimum absolute atomic E-state index is 0.00228. The number of phenols is 1. The Morgan fingerprint density at radius 1 is 0.917 bits per heavy atom. The Hall–Kier alpha value is -2.49. The lowest BCUT2D eigenvalue weighted by molar-refractivity contribution is -0.136. The molecule has 24 heavy (non-hydrogen) atoms. The van der Waals surface area contributed by atoms with E-state index in [4.69, 9.17) is 9.84 Å². The van der Waals surface area contributed by atoms with Crippen molar-refractivity contribution in [1.82, 2.24) is 0 Å². The number of carbonyl (C=O) groups is 1. The van der Waals surface area contributed by atoms with E-state index < -0.39 is 5.97 Å². The van der Waals surface area contributed by atoms with Gasteiger partial charge in [-0.1, -0.05) is 39.8 Å². The Morgan fingerprint density at radius 3 is 1.79 bits per heavy atom. The zero-order valence-electron chi connectivity index (χ0n) is 15.4. The lowest BCUT2D eigenvalue weighted by Crippen LogP contribution is -1.99. The van der Waals surface area contributed by atoms with E-state index in [-0.39, 0.29) is 12.2 Å². The molecule has 2 aromatic carbocycles. The summed E-state index contributed by atoms with van der Waals surface area (Å²) < 4.78 is 5.70. The van der Waals surface area contributed by atoms with E-state index in [0.717, 1.165) is 16.7 Å². The number of benzene rings is 2. The Kier molecular flexibility index (Phi) is 9.96. The molecule has 0 unspecified atom stereocenters. The van der Waals surface area contributed by atoms with E-state index >= 15 is 0 Å². The van der Waals surface area contributed by atoms with E-state index in [9.17, 15) is 9.90 Å². The van der Waals surface area contributed by atoms with E-state index in [1.54, 1.807) is 36.4 Å². The third kappa shape index (κ3) is 6.73. The van der Waals surface area contributed by atoms with Gasteiger partial charge in [0.1, 0.15) is 17.2 Å². The quantitative estimate of drug-likeness (QED) is 0.778. The van der Waals surface area contributed by atoms with Gasteiger partial charge >= 0.3 is 5.97 Å². The summed E-state index contributed by atoms with van der Waals surface area (Å²) in [6.45, 7) is 11.6. The molecule has 4 nitrogen and oxygen atoms in total. The molecular weight excluding hydrogens is 304 g/mol. The largest absolute Gasteiger partial charge is 0.507 e. The second-order valence-electron chi connectivity index (χ2n) is 4.72. The first-order chi connectivity index (χ1) is 11.5. The van der Waals surface area contributed by atoms with Crippen LogP contribution in [-0.4, -0.2) is 16.2 Å². The van der Waals surface area contributed by atoms with E-state index in [0.29, 0.717) is 11.5 Å². The molecule has 0 aliphatic rings. The maximum atomic E-state index is 10.6. The molecule has 0 aliphatic heterocycles. The fourth-order valence-corrected chi connectivity index (χ4v) is 1.96. The van der Waals surface area contributed by atoms with Crippen LogP contribution in [0.4, 0.5) is 0 Å². The fraction of sp³-hybridized carbons (Fsp3) is 0.350. The Morgan fingerprint density at radius 2 is 1.38 bits per heavy atom. The van der Waals surface area contributed by atoms with Gasteiger partial charge in [-0.2, -0.15) is 0 Å². The van der Waals surface area contributed by atoms with Crippen molar-refractivity contribution in [3.8, 4) is 17.2 Å². The number of hydrogen-bond acceptors (Lipinski definition) is 3. The molecule has 0 heterocycles. The summed E-state index contributed by atoms with van der Waals surface area (Å²) in [5.41, 5.74) is 2.23.